The number of rotatable bonds is 1. The summed E-state index contributed by atoms with van der Waals surface area (Å²) in [6.07, 6.45) is 3.72. The minimum atomic E-state index is -0.385. The molecule has 1 atom stereocenters. The summed E-state index contributed by atoms with van der Waals surface area (Å²) in [5.74, 6) is 1.07. The van der Waals surface area contributed by atoms with Crippen LogP contribution in [0.5, 0.6) is 0 Å². The molecule has 0 amide bonds. The molecule has 3 heteroatoms. The number of hydrogen-bond acceptors (Lipinski definition) is 2. The molecule has 82 valence electrons. The maximum Gasteiger partial charge on any atom is 0.214 e. The predicted octanol–water partition coefficient (Wildman–Crippen LogP) is 2.85. The summed E-state index contributed by atoms with van der Waals surface area (Å²) >= 11 is 0. The second-order valence-corrected chi connectivity index (χ2v) is 4.37. The third-order valence-electron chi connectivity index (χ3n) is 2.93. The molecule has 0 N–H and O–H groups in total. The summed E-state index contributed by atoms with van der Waals surface area (Å²) < 4.78 is 13.0. The van der Waals surface area contributed by atoms with E-state index < -0.39 is 0 Å². The van der Waals surface area contributed by atoms with Crippen molar-refractivity contribution in [1.82, 2.24) is 4.98 Å². The number of halogens is 1. The first kappa shape index (κ1) is 10.4. The number of aromatic nitrogens is 1. The van der Waals surface area contributed by atoms with E-state index in [1.165, 1.54) is 25.3 Å². The number of hydrogen-bond donors (Lipinski definition) is 0. The SMILES string of the molecule is C[C@H]1CCCCN(c2cccc(F)n2)C1. The van der Waals surface area contributed by atoms with Crippen LogP contribution in [-0.2, 0) is 0 Å². The van der Waals surface area contributed by atoms with Crippen molar-refractivity contribution >= 4 is 5.82 Å². The van der Waals surface area contributed by atoms with Gasteiger partial charge < -0.3 is 4.90 Å². The lowest BCUT2D eigenvalue weighted by atomic mass is 10.1. The van der Waals surface area contributed by atoms with Gasteiger partial charge in [0.1, 0.15) is 5.82 Å². The van der Waals surface area contributed by atoms with E-state index >= 15 is 0 Å². The van der Waals surface area contributed by atoms with Gasteiger partial charge in [-0.05, 0) is 30.9 Å². The van der Waals surface area contributed by atoms with Crippen LogP contribution in [0.25, 0.3) is 0 Å². The molecule has 2 nitrogen and oxygen atoms in total. The maximum absolute atomic E-state index is 13.0. The van der Waals surface area contributed by atoms with Crippen LogP contribution in [-0.4, -0.2) is 18.1 Å². The van der Waals surface area contributed by atoms with E-state index in [0.29, 0.717) is 5.92 Å². The average molecular weight is 208 g/mol. The zero-order valence-corrected chi connectivity index (χ0v) is 9.12. The minimum Gasteiger partial charge on any atom is -0.356 e. The van der Waals surface area contributed by atoms with Gasteiger partial charge in [-0.1, -0.05) is 19.4 Å². The first-order valence-electron chi connectivity index (χ1n) is 5.63. The Hall–Kier alpha value is -1.12. The van der Waals surface area contributed by atoms with Gasteiger partial charge in [0.05, 0.1) is 0 Å². The molecule has 1 aliphatic heterocycles. The molecule has 1 saturated heterocycles. The van der Waals surface area contributed by atoms with Crippen molar-refractivity contribution in [2.45, 2.75) is 26.2 Å². The lowest BCUT2D eigenvalue weighted by molar-refractivity contribution is 0.540. The molecule has 0 radical (unpaired) electrons. The zero-order valence-electron chi connectivity index (χ0n) is 9.12. The van der Waals surface area contributed by atoms with Crippen LogP contribution in [0.3, 0.4) is 0 Å². The molecule has 0 spiro atoms. The van der Waals surface area contributed by atoms with Crippen LogP contribution < -0.4 is 4.90 Å². The fourth-order valence-corrected chi connectivity index (χ4v) is 2.14. The first-order valence-corrected chi connectivity index (χ1v) is 5.63. The fraction of sp³-hybridized carbons (Fsp3) is 0.583. The maximum atomic E-state index is 13.0. The normalized spacial score (nSPS) is 22.5. The molecule has 0 saturated carbocycles. The summed E-state index contributed by atoms with van der Waals surface area (Å²) in [7, 11) is 0. The largest absolute Gasteiger partial charge is 0.356 e. The quantitative estimate of drug-likeness (QED) is 0.660. The topological polar surface area (TPSA) is 16.1 Å². The van der Waals surface area contributed by atoms with E-state index in [1.54, 1.807) is 6.07 Å². The highest BCUT2D eigenvalue weighted by Crippen LogP contribution is 2.20. The molecule has 1 aromatic heterocycles. The Morgan fingerprint density at radius 2 is 2.27 bits per heavy atom. The van der Waals surface area contributed by atoms with Gasteiger partial charge in [-0.25, -0.2) is 4.98 Å². The Labute approximate surface area is 90.1 Å². The van der Waals surface area contributed by atoms with Crippen molar-refractivity contribution < 1.29 is 4.39 Å². The highest BCUT2D eigenvalue weighted by atomic mass is 19.1. The standard InChI is InChI=1S/C12H17FN2/c1-10-5-2-3-8-15(9-10)12-7-4-6-11(13)14-12/h4,6-7,10H,2-3,5,8-9H2,1H3/t10-/m0/s1. The summed E-state index contributed by atoms with van der Waals surface area (Å²) in [5, 5.41) is 0. The van der Waals surface area contributed by atoms with Crippen LogP contribution in [0.15, 0.2) is 18.2 Å². The van der Waals surface area contributed by atoms with E-state index in [2.05, 4.69) is 16.8 Å². The Morgan fingerprint density at radius 1 is 1.40 bits per heavy atom. The second-order valence-electron chi connectivity index (χ2n) is 4.37. The van der Waals surface area contributed by atoms with Gasteiger partial charge in [0.2, 0.25) is 5.95 Å². The van der Waals surface area contributed by atoms with Crippen LogP contribution >= 0.6 is 0 Å². The highest BCUT2D eigenvalue weighted by molar-refractivity contribution is 5.38. The van der Waals surface area contributed by atoms with E-state index in [-0.39, 0.29) is 5.95 Å². The Morgan fingerprint density at radius 3 is 3.07 bits per heavy atom. The minimum absolute atomic E-state index is 0.385. The Kier molecular flexibility index (Phi) is 3.19. The van der Waals surface area contributed by atoms with Crippen LogP contribution in [0.4, 0.5) is 10.2 Å². The Balaban J connectivity index is 2.14. The van der Waals surface area contributed by atoms with E-state index in [4.69, 9.17) is 0 Å². The van der Waals surface area contributed by atoms with E-state index in [0.717, 1.165) is 18.9 Å². The van der Waals surface area contributed by atoms with Gasteiger partial charge in [0.25, 0.3) is 0 Å². The molecule has 1 aliphatic rings. The van der Waals surface area contributed by atoms with E-state index in [9.17, 15) is 4.39 Å². The molecule has 0 aliphatic carbocycles. The third kappa shape index (κ3) is 2.67. The van der Waals surface area contributed by atoms with Crippen molar-refractivity contribution in [3.05, 3.63) is 24.1 Å². The zero-order chi connectivity index (χ0) is 10.7. The van der Waals surface area contributed by atoms with Crippen molar-refractivity contribution in [3.63, 3.8) is 0 Å². The number of pyridine rings is 1. The van der Waals surface area contributed by atoms with Crippen molar-refractivity contribution in [2.75, 3.05) is 18.0 Å². The molecule has 0 bridgehead atoms. The van der Waals surface area contributed by atoms with Crippen molar-refractivity contribution in [1.29, 1.82) is 0 Å². The van der Waals surface area contributed by atoms with Gasteiger partial charge in [0.15, 0.2) is 0 Å². The summed E-state index contributed by atoms with van der Waals surface area (Å²) in [5.41, 5.74) is 0. The monoisotopic (exact) mass is 208 g/mol. The van der Waals surface area contributed by atoms with Crippen molar-refractivity contribution in [2.24, 2.45) is 5.92 Å². The molecule has 2 heterocycles. The van der Waals surface area contributed by atoms with Gasteiger partial charge >= 0.3 is 0 Å². The molecule has 0 unspecified atom stereocenters. The first-order chi connectivity index (χ1) is 7.25. The molecular weight excluding hydrogens is 191 g/mol. The van der Waals surface area contributed by atoms with Gasteiger partial charge in [-0.2, -0.15) is 4.39 Å². The Bertz CT molecular complexity index is 327. The fourth-order valence-electron chi connectivity index (χ4n) is 2.14. The predicted molar refractivity (Wildman–Crippen MR) is 59.4 cm³/mol. The van der Waals surface area contributed by atoms with Gasteiger partial charge in [-0.15, -0.1) is 0 Å². The van der Waals surface area contributed by atoms with Crippen molar-refractivity contribution in [3.8, 4) is 0 Å². The second kappa shape index (κ2) is 4.60. The number of anilines is 1. The van der Waals surface area contributed by atoms with Crippen LogP contribution in [0.2, 0.25) is 0 Å². The number of nitrogens with zero attached hydrogens (tertiary/aromatic N) is 2. The van der Waals surface area contributed by atoms with Gasteiger partial charge in [0, 0.05) is 13.1 Å². The highest BCUT2D eigenvalue weighted by Gasteiger charge is 2.15. The molecule has 1 aromatic rings. The average Bonchev–Trinajstić information content (AvgIpc) is 2.43. The van der Waals surface area contributed by atoms with E-state index in [1.807, 2.05) is 6.07 Å². The molecule has 1 fully saturated rings. The van der Waals surface area contributed by atoms with Crippen LogP contribution in [0, 0.1) is 11.9 Å². The molecule has 0 aromatic carbocycles. The summed E-state index contributed by atoms with van der Waals surface area (Å²) in [6, 6.07) is 5.01. The third-order valence-corrected chi connectivity index (χ3v) is 2.93. The molecular formula is C12H17FN2. The summed E-state index contributed by atoms with van der Waals surface area (Å²) in [4.78, 5) is 6.13. The smallest absolute Gasteiger partial charge is 0.214 e. The lowest BCUT2D eigenvalue weighted by Gasteiger charge is -2.23. The summed E-state index contributed by atoms with van der Waals surface area (Å²) in [6.45, 7) is 4.24. The lowest BCUT2D eigenvalue weighted by Crippen LogP contribution is -2.28. The molecule has 2 rings (SSSR count). The molecule has 15 heavy (non-hydrogen) atoms. The van der Waals surface area contributed by atoms with Gasteiger partial charge in [-0.3, -0.25) is 0 Å². The van der Waals surface area contributed by atoms with Crippen LogP contribution in [0.1, 0.15) is 26.2 Å².